The molecule has 1 aliphatic heterocycles. The molecule has 0 aromatic rings. The van der Waals surface area contributed by atoms with Crippen LogP contribution in [-0.2, 0) is 14.3 Å². The molecule has 0 bridgehead atoms. The molecular formula is C15H26O4. The Kier molecular flexibility index (Phi) is 5.22. The fourth-order valence-electron chi connectivity index (χ4n) is 3.10. The second-order valence-corrected chi connectivity index (χ2v) is 6.09. The SMILES string of the molecule is CCCC(COC(=O)C1CCC2OC2C1)CC(C)O. The van der Waals surface area contributed by atoms with E-state index in [0.717, 1.165) is 32.1 Å². The van der Waals surface area contributed by atoms with Gasteiger partial charge in [-0.05, 0) is 44.9 Å². The zero-order valence-corrected chi connectivity index (χ0v) is 12.0. The van der Waals surface area contributed by atoms with E-state index >= 15 is 0 Å². The number of hydrogen-bond acceptors (Lipinski definition) is 4. The first-order valence-corrected chi connectivity index (χ1v) is 7.60. The van der Waals surface area contributed by atoms with Gasteiger partial charge in [-0.2, -0.15) is 0 Å². The first-order chi connectivity index (χ1) is 9.10. The van der Waals surface area contributed by atoms with Crippen LogP contribution < -0.4 is 0 Å². The van der Waals surface area contributed by atoms with E-state index < -0.39 is 0 Å². The van der Waals surface area contributed by atoms with Crippen LogP contribution in [0.2, 0.25) is 0 Å². The van der Waals surface area contributed by atoms with Crippen LogP contribution >= 0.6 is 0 Å². The van der Waals surface area contributed by atoms with E-state index in [1.54, 1.807) is 6.92 Å². The first kappa shape index (κ1) is 14.8. The van der Waals surface area contributed by atoms with Gasteiger partial charge in [0.1, 0.15) is 0 Å². The van der Waals surface area contributed by atoms with Crippen molar-refractivity contribution in [2.45, 2.75) is 70.7 Å². The molecule has 19 heavy (non-hydrogen) atoms. The largest absolute Gasteiger partial charge is 0.465 e. The summed E-state index contributed by atoms with van der Waals surface area (Å²) in [6.07, 6.45) is 5.89. The monoisotopic (exact) mass is 270 g/mol. The van der Waals surface area contributed by atoms with Gasteiger partial charge in [0, 0.05) is 0 Å². The molecule has 1 N–H and O–H groups in total. The Morgan fingerprint density at radius 3 is 2.84 bits per heavy atom. The zero-order chi connectivity index (χ0) is 13.8. The third-order valence-electron chi connectivity index (χ3n) is 4.17. The van der Waals surface area contributed by atoms with Gasteiger partial charge >= 0.3 is 5.97 Å². The molecule has 0 spiro atoms. The molecule has 2 rings (SSSR count). The lowest BCUT2D eigenvalue weighted by Crippen LogP contribution is -2.26. The Balaban J connectivity index is 1.71. The summed E-state index contributed by atoms with van der Waals surface area (Å²) in [6, 6.07) is 0. The van der Waals surface area contributed by atoms with Gasteiger partial charge in [0.05, 0.1) is 30.8 Å². The van der Waals surface area contributed by atoms with E-state index in [0.29, 0.717) is 25.2 Å². The van der Waals surface area contributed by atoms with Crippen molar-refractivity contribution in [3.05, 3.63) is 0 Å². The van der Waals surface area contributed by atoms with Gasteiger partial charge in [0.2, 0.25) is 0 Å². The van der Waals surface area contributed by atoms with Crippen molar-refractivity contribution in [3.63, 3.8) is 0 Å². The number of hydrogen-bond donors (Lipinski definition) is 1. The number of rotatable bonds is 7. The number of epoxide rings is 1. The maximum atomic E-state index is 12.0. The molecule has 110 valence electrons. The lowest BCUT2D eigenvalue weighted by molar-refractivity contribution is -0.151. The summed E-state index contributed by atoms with van der Waals surface area (Å²) in [5.41, 5.74) is 0. The molecule has 2 fully saturated rings. The third kappa shape index (κ3) is 4.46. The predicted molar refractivity (Wildman–Crippen MR) is 71.7 cm³/mol. The molecule has 0 aromatic carbocycles. The number of ether oxygens (including phenoxy) is 2. The van der Waals surface area contributed by atoms with Gasteiger partial charge in [-0.3, -0.25) is 4.79 Å². The van der Waals surface area contributed by atoms with Crippen LogP contribution in [0.3, 0.4) is 0 Å². The number of aliphatic hydroxyl groups excluding tert-OH is 1. The molecule has 1 aliphatic carbocycles. The molecule has 4 heteroatoms. The minimum atomic E-state index is -0.328. The highest BCUT2D eigenvalue weighted by Gasteiger charge is 2.46. The minimum Gasteiger partial charge on any atom is -0.465 e. The lowest BCUT2D eigenvalue weighted by Gasteiger charge is -2.21. The highest BCUT2D eigenvalue weighted by Crippen LogP contribution is 2.39. The smallest absolute Gasteiger partial charge is 0.309 e. The highest BCUT2D eigenvalue weighted by molar-refractivity contribution is 5.72. The highest BCUT2D eigenvalue weighted by atomic mass is 16.6. The summed E-state index contributed by atoms with van der Waals surface area (Å²) < 4.78 is 10.9. The van der Waals surface area contributed by atoms with Crippen LogP contribution in [-0.4, -0.2) is 36.0 Å². The van der Waals surface area contributed by atoms with Crippen LogP contribution in [0.15, 0.2) is 0 Å². The Morgan fingerprint density at radius 1 is 1.42 bits per heavy atom. The van der Waals surface area contributed by atoms with E-state index in [2.05, 4.69) is 6.92 Å². The van der Waals surface area contributed by atoms with E-state index in [1.807, 2.05) is 0 Å². The number of fused-ring (bicyclic) bond motifs is 1. The number of esters is 1. The van der Waals surface area contributed by atoms with Crippen molar-refractivity contribution >= 4 is 5.97 Å². The molecule has 4 nitrogen and oxygen atoms in total. The standard InChI is InChI=1S/C15H26O4/c1-3-4-11(7-10(2)16)9-18-15(17)12-5-6-13-14(8-12)19-13/h10-14,16H,3-9H2,1-2H3. The normalized spacial score (nSPS) is 32.3. The third-order valence-corrected chi connectivity index (χ3v) is 4.17. The van der Waals surface area contributed by atoms with Gasteiger partial charge < -0.3 is 14.6 Å². The fraction of sp³-hybridized carbons (Fsp3) is 0.933. The van der Waals surface area contributed by atoms with Gasteiger partial charge in [-0.25, -0.2) is 0 Å². The van der Waals surface area contributed by atoms with Gasteiger partial charge in [0.15, 0.2) is 0 Å². The topological polar surface area (TPSA) is 59.1 Å². The summed E-state index contributed by atoms with van der Waals surface area (Å²) >= 11 is 0. The van der Waals surface area contributed by atoms with Crippen LogP contribution in [0.5, 0.6) is 0 Å². The van der Waals surface area contributed by atoms with Crippen molar-refractivity contribution in [2.75, 3.05) is 6.61 Å². The van der Waals surface area contributed by atoms with Gasteiger partial charge in [-0.1, -0.05) is 13.3 Å². The van der Waals surface area contributed by atoms with Gasteiger partial charge in [0.25, 0.3) is 0 Å². The summed E-state index contributed by atoms with van der Waals surface area (Å²) in [5.74, 6) is 0.237. The molecule has 0 amide bonds. The maximum absolute atomic E-state index is 12.0. The fourth-order valence-corrected chi connectivity index (χ4v) is 3.10. The van der Waals surface area contributed by atoms with Crippen molar-refractivity contribution < 1.29 is 19.4 Å². The minimum absolute atomic E-state index is 0.0255. The summed E-state index contributed by atoms with van der Waals surface area (Å²) in [4.78, 5) is 12.0. The zero-order valence-electron chi connectivity index (χ0n) is 12.0. The van der Waals surface area contributed by atoms with E-state index in [1.165, 1.54) is 0 Å². The van der Waals surface area contributed by atoms with E-state index in [4.69, 9.17) is 9.47 Å². The predicted octanol–water partition coefficient (Wildman–Crippen LogP) is 2.28. The van der Waals surface area contributed by atoms with Crippen molar-refractivity contribution in [1.82, 2.24) is 0 Å². The Morgan fingerprint density at radius 2 is 2.21 bits per heavy atom. The summed E-state index contributed by atoms with van der Waals surface area (Å²) in [7, 11) is 0. The average molecular weight is 270 g/mol. The molecule has 1 heterocycles. The summed E-state index contributed by atoms with van der Waals surface area (Å²) in [6.45, 7) is 4.35. The van der Waals surface area contributed by atoms with Crippen molar-refractivity contribution in [3.8, 4) is 0 Å². The van der Waals surface area contributed by atoms with Crippen LogP contribution in [0.1, 0.15) is 52.4 Å². The van der Waals surface area contributed by atoms with E-state index in [-0.39, 0.29) is 23.9 Å². The Labute approximate surface area is 115 Å². The molecule has 5 unspecified atom stereocenters. The van der Waals surface area contributed by atoms with Crippen LogP contribution in [0.4, 0.5) is 0 Å². The quantitative estimate of drug-likeness (QED) is 0.569. The molecule has 1 saturated carbocycles. The number of aliphatic hydroxyl groups is 1. The van der Waals surface area contributed by atoms with Crippen molar-refractivity contribution in [2.24, 2.45) is 11.8 Å². The molecule has 0 aromatic heterocycles. The molecule has 0 radical (unpaired) electrons. The Hall–Kier alpha value is -0.610. The first-order valence-electron chi connectivity index (χ1n) is 7.60. The molecule has 5 atom stereocenters. The van der Waals surface area contributed by atoms with Gasteiger partial charge in [-0.15, -0.1) is 0 Å². The molecule has 2 aliphatic rings. The summed E-state index contributed by atoms with van der Waals surface area (Å²) in [5, 5.41) is 9.45. The van der Waals surface area contributed by atoms with E-state index in [9.17, 15) is 9.90 Å². The molecule has 1 saturated heterocycles. The number of carbonyl (C=O) groups is 1. The van der Waals surface area contributed by atoms with Crippen molar-refractivity contribution in [1.29, 1.82) is 0 Å². The molecular weight excluding hydrogens is 244 g/mol. The second-order valence-electron chi connectivity index (χ2n) is 6.09. The number of carbonyl (C=O) groups excluding carboxylic acids is 1. The lowest BCUT2D eigenvalue weighted by atomic mass is 9.89. The van der Waals surface area contributed by atoms with Crippen LogP contribution in [0, 0.1) is 11.8 Å². The van der Waals surface area contributed by atoms with Crippen LogP contribution in [0.25, 0.3) is 0 Å². The second kappa shape index (κ2) is 6.71. The Bertz CT molecular complexity index is 303. The average Bonchev–Trinajstić information content (AvgIpc) is 3.13. The maximum Gasteiger partial charge on any atom is 0.309 e.